The van der Waals surface area contributed by atoms with Gasteiger partial charge in [0.1, 0.15) is 0 Å². The van der Waals surface area contributed by atoms with Crippen molar-refractivity contribution in [2.75, 3.05) is 38.7 Å². The molecule has 1 N–H and O–H groups in total. The van der Waals surface area contributed by atoms with Gasteiger partial charge in [-0.05, 0) is 67.5 Å². The normalized spacial score (nSPS) is 24.0. The largest absolute Gasteiger partial charge is 0.394 e. The van der Waals surface area contributed by atoms with E-state index in [1.54, 1.807) is 0 Å². The van der Waals surface area contributed by atoms with Crippen LogP contribution in [0.1, 0.15) is 18.4 Å². The molecule has 0 aromatic heterocycles. The van der Waals surface area contributed by atoms with Gasteiger partial charge in [-0.2, -0.15) is 0 Å². The second kappa shape index (κ2) is 5.81. The van der Waals surface area contributed by atoms with Crippen LogP contribution < -0.4 is 4.90 Å². The summed E-state index contributed by atoms with van der Waals surface area (Å²) >= 11 is 3.66. The zero-order valence-corrected chi connectivity index (χ0v) is 13.6. The minimum atomic E-state index is -0.122. The first-order valence-electron chi connectivity index (χ1n) is 6.78. The predicted molar refractivity (Wildman–Crippen MR) is 83.8 cm³/mol. The Morgan fingerprint density at radius 1 is 1.42 bits per heavy atom. The average Bonchev–Trinajstić information content (AvgIpc) is 2.38. The highest BCUT2D eigenvalue weighted by Crippen LogP contribution is 2.33. The molecule has 1 aliphatic rings. The van der Waals surface area contributed by atoms with Crippen LogP contribution >= 0.6 is 15.9 Å². The van der Waals surface area contributed by atoms with Crippen LogP contribution in [0.5, 0.6) is 0 Å². The monoisotopic (exact) mass is 326 g/mol. The van der Waals surface area contributed by atoms with Gasteiger partial charge in [-0.25, -0.2) is 0 Å². The second-order valence-electron chi connectivity index (χ2n) is 5.76. The average molecular weight is 327 g/mol. The Hall–Kier alpha value is -0.580. The van der Waals surface area contributed by atoms with Crippen LogP contribution in [0.25, 0.3) is 0 Å². The maximum Gasteiger partial charge on any atom is 0.0632 e. The van der Waals surface area contributed by atoms with E-state index in [9.17, 15) is 5.11 Å². The van der Waals surface area contributed by atoms with Gasteiger partial charge in [0.2, 0.25) is 0 Å². The highest BCUT2D eigenvalue weighted by molar-refractivity contribution is 9.10. The molecule has 1 heterocycles. The number of nitrogens with zero attached hydrogens (tertiary/aromatic N) is 2. The van der Waals surface area contributed by atoms with Crippen molar-refractivity contribution in [1.82, 2.24) is 4.90 Å². The van der Waals surface area contributed by atoms with Crippen LogP contribution in [-0.2, 0) is 0 Å². The smallest absolute Gasteiger partial charge is 0.0632 e. The molecule has 1 aromatic carbocycles. The maximum atomic E-state index is 9.81. The van der Waals surface area contributed by atoms with Gasteiger partial charge >= 0.3 is 0 Å². The standard InChI is InChI=1S/C15H23BrN2O/c1-12-5-6-14(13(16)9-12)18-8-4-7-15(10-18,11-19)17(2)3/h5-6,9,19H,4,7-8,10-11H2,1-3H3. The number of halogens is 1. The second-order valence-corrected chi connectivity index (χ2v) is 6.61. The molecule has 0 saturated carbocycles. The first-order chi connectivity index (χ1) is 8.98. The van der Waals surface area contributed by atoms with Crippen molar-refractivity contribution in [2.24, 2.45) is 0 Å². The molecule has 1 unspecified atom stereocenters. The lowest BCUT2D eigenvalue weighted by atomic mass is 9.88. The van der Waals surface area contributed by atoms with Crippen molar-refractivity contribution < 1.29 is 5.11 Å². The third kappa shape index (κ3) is 2.96. The number of aliphatic hydroxyl groups excluding tert-OH is 1. The lowest BCUT2D eigenvalue weighted by molar-refractivity contribution is 0.0547. The molecule has 2 rings (SSSR count). The number of hydrogen-bond donors (Lipinski definition) is 1. The Morgan fingerprint density at radius 3 is 2.74 bits per heavy atom. The van der Waals surface area contributed by atoms with E-state index in [1.165, 1.54) is 11.3 Å². The number of benzene rings is 1. The summed E-state index contributed by atoms with van der Waals surface area (Å²) in [4.78, 5) is 4.55. The van der Waals surface area contributed by atoms with Crippen molar-refractivity contribution in [2.45, 2.75) is 25.3 Å². The molecule has 1 saturated heterocycles. The highest BCUT2D eigenvalue weighted by Gasteiger charge is 2.37. The van der Waals surface area contributed by atoms with E-state index in [0.717, 1.165) is 30.4 Å². The molecule has 1 aliphatic heterocycles. The molecule has 1 aromatic rings. The van der Waals surface area contributed by atoms with Gasteiger partial charge in [-0.15, -0.1) is 0 Å². The molecule has 0 radical (unpaired) electrons. The molecule has 0 spiro atoms. The van der Waals surface area contributed by atoms with Crippen molar-refractivity contribution in [3.05, 3.63) is 28.2 Å². The lowest BCUT2D eigenvalue weighted by Gasteiger charge is -2.47. The molecular formula is C15H23BrN2O. The Balaban J connectivity index is 2.26. The highest BCUT2D eigenvalue weighted by atomic mass is 79.9. The van der Waals surface area contributed by atoms with Crippen LogP contribution in [0.2, 0.25) is 0 Å². The van der Waals surface area contributed by atoms with Gasteiger partial charge in [-0.3, -0.25) is 4.90 Å². The number of aliphatic hydroxyl groups is 1. The summed E-state index contributed by atoms with van der Waals surface area (Å²) in [6.45, 7) is 4.23. The topological polar surface area (TPSA) is 26.7 Å². The Labute approximate surface area is 124 Å². The van der Waals surface area contributed by atoms with Crippen LogP contribution in [0.15, 0.2) is 22.7 Å². The van der Waals surface area contributed by atoms with Crippen LogP contribution in [-0.4, -0.2) is 49.3 Å². The molecule has 0 amide bonds. The van der Waals surface area contributed by atoms with Gasteiger partial charge in [0.05, 0.1) is 17.8 Å². The summed E-state index contributed by atoms with van der Waals surface area (Å²) in [5, 5.41) is 9.81. The van der Waals surface area contributed by atoms with Crippen molar-refractivity contribution in [3.63, 3.8) is 0 Å². The Bertz CT molecular complexity index is 450. The lowest BCUT2D eigenvalue weighted by Crippen LogP contribution is -2.58. The molecule has 19 heavy (non-hydrogen) atoms. The van der Waals surface area contributed by atoms with Gasteiger partial charge in [0, 0.05) is 17.6 Å². The first-order valence-corrected chi connectivity index (χ1v) is 7.57. The van der Waals surface area contributed by atoms with E-state index in [0.29, 0.717) is 0 Å². The molecule has 0 bridgehead atoms. The van der Waals surface area contributed by atoms with E-state index in [4.69, 9.17) is 0 Å². The molecule has 0 aliphatic carbocycles. The van der Waals surface area contributed by atoms with E-state index < -0.39 is 0 Å². The third-order valence-electron chi connectivity index (χ3n) is 4.24. The van der Waals surface area contributed by atoms with Crippen molar-refractivity contribution in [1.29, 1.82) is 0 Å². The number of piperidine rings is 1. The number of likely N-dealkylation sites (N-methyl/N-ethyl adjacent to an activating group) is 1. The summed E-state index contributed by atoms with van der Waals surface area (Å²) in [5.41, 5.74) is 2.36. The molecule has 1 atom stereocenters. The third-order valence-corrected chi connectivity index (χ3v) is 4.88. The minimum Gasteiger partial charge on any atom is -0.394 e. The maximum absolute atomic E-state index is 9.81. The zero-order chi connectivity index (χ0) is 14.0. The molecular weight excluding hydrogens is 304 g/mol. The summed E-state index contributed by atoms with van der Waals surface area (Å²) in [5.74, 6) is 0. The van der Waals surface area contributed by atoms with Crippen LogP contribution in [0, 0.1) is 6.92 Å². The fourth-order valence-corrected chi connectivity index (χ4v) is 3.57. The van der Waals surface area contributed by atoms with Gasteiger partial charge < -0.3 is 10.0 Å². The van der Waals surface area contributed by atoms with E-state index >= 15 is 0 Å². The van der Waals surface area contributed by atoms with Gasteiger partial charge in [0.25, 0.3) is 0 Å². The summed E-state index contributed by atoms with van der Waals surface area (Å²) in [7, 11) is 4.12. The fraction of sp³-hybridized carbons (Fsp3) is 0.600. The predicted octanol–water partition coefficient (Wildman–Crippen LogP) is 2.65. The Kier molecular flexibility index (Phi) is 4.54. The van der Waals surface area contributed by atoms with E-state index in [-0.39, 0.29) is 12.1 Å². The summed E-state index contributed by atoms with van der Waals surface area (Å²) in [6.07, 6.45) is 2.16. The number of anilines is 1. The SMILES string of the molecule is Cc1ccc(N2CCCC(CO)(N(C)C)C2)c(Br)c1. The summed E-state index contributed by atoms with van der Waals surface area (Å²) < 4.78 is 1.14. The quantitative estimate of drug-likeness (QED) is 0.925. The van der Waals surface area contributed by atoms with E-state index in [2.05, 4.69) is 64.9 Å². The zero-order valence-electron chi connectivity index (χ0n) is 12.0. The van der Waals surface area contributed by atoms with Gasteiger partial charge in [0.15, 0.2) is 0 Å². The van der Waals surface area contributed by atoms with Crippen molar-refractivity contribution in [3.8, 4) is 0 Å². The number of rotatable bonds is 3. The fourth-order valence-electron chi connectivity index (χ4n) is 2.82. The number of hydrogen-bond acceptors (Lipinski definition) is 3. The van der Waals surface area contributed by atoms with Crippen LogP contribution in [0.3, 0.4) is 0 Å². The molecule has 4 heteroatoms. The Morgan fingerprint density at radius 2 is 2.16 bits per heavy atom. The summed E-state index contributed by atoms with van der Waals surface area (Å²) in [6, 6.07) is 6.47. The molecule has 106 valence electrons. The van der Waals surface area contributed by atoms with Crippen molar-refractivity contribution >= 4 is 21.6 Å². The number of aryl methyl sites for hydroxylation is 1. The molecule has 1 fully saturated rings. The van der Waals surface area contributed by atoms with Gasteiger partial charge in [-0.1, -0.05) is 6.07 Å². The minimum absolute atomic E-state index is 0.122. The first kappa shape index (κ1) is 14.8. The molecule has 3 nitrogen and oxygen atoms in total. The van der Waals surface area contributed by atoms with Crippen LogP contribution in [0.4, 0.5) is 5.69 Å². The van der Waals surface area contributed by atoms with E-state index in [1.807, 2.05) is 0 Å².